The smallest absolute Gasteiger partial charge is 0.223 e. The van der Waals surface area contributed by atoms with E-state index in [-0.39, 0.29) is 18.7 Å². The number of amides is 1. The number of carboxylic acids is 1. The van der Waals surface area contributed by atoms with Gasteiger partial charge in [-0.05, 0) is 24.5 Å². The number of benzene rings is 1. The van der Waals surface area contributed by atoms with Crippen LogP contribution in [-0.4, -0.2) is 28.3 Å². The summed E-state index contributed by atoms with van der Waals surface area (Å²) in [6.07, 6.45) is 1.23. The zero-order chi connectivity index (χ0) is 13.9. The topological polar surface area (TPSA) is 76.2 Å². The lowest BCUT2D eigenvalue weighted by molar-refractivity contribution is -0.319. The molecule has 5 nitrogen and oxygen atoms in total. The quantitative estimate of drug-likeness (QED) is 0.808. The first-order chi connectivity index (χ1) is 9.64. The van der Waals surface area contributed by atoms with Gasteiger partial charge in [0, 0.05) is 23.9 Å². The molecule has 2 aliphatic heterocycles. The number of nitrogens with zero attached hydrogens (tertiary/aromatic N) is 1. The van der Waals surface area contributed by atoms with Gasteiger partial charge < -0.3 is 19.8 Å². The van der Waals surface area contributed by atoms with Crippen molar-refractivity contribution in [1.29, 1.82) is 0 Å². The zero-order valence-corrected chi connectivity index (χ0v) is 10.8. The van der Waals surface area contributed by atoms with Crippen molar-refractivity contribution in [1.82, 2.24) is 9.88 Å². The summed E-state index contributed by atoms with van der Waals surface area (Å²) in [6.45, 7) is 0.446. The second-order valence-corrected chi connectivity index (χ2v) is 5.47. The Morgan fingerprint density at radius 2 is 2.10 bits per heavy atom. The highest BCUT2D eigenvalue weighted by Crippen LogP contribution is 2.45. The first-order valence-electron chi connectivity index (χ1n) is 6.76. The van der Waals surface area contributed by atoms with Crippen LogP contribution in [0.3, 0.4) is 0 Å². The highest BCUT2D eigenvalue weighted by molar-refractivity contribution is 5.95. The van der Waals surface area contributed by atoms with Gasteiger partial charge in [-0.1, -0.05) is 18.2 Å². The van der Waals surface area contributed by atoms with Crippen LogP contribution in [0.1, 0.15) is 24.1 Å². The average molecular weight is 269 g/mol. The van der Waals surface area contributed by atoms with Gasteiger partial charge in [-0.2, -0.15) is 0 Å². The molecule has 3 heterocycles. The fourth-order valence-corrected chi connectivity index (χ4v) is 3.70. The van der Waals surface area contributed by atoms with Crippen molar-refractivity contribution in [2.75, 3.05) is 6.54 Å². The van der Waals surface area contributed by atoms with Gasteiger partial charge in [0.2, 0.25) is 5.91 Å². The Bertz CT molecular complexity index is 749. The van der Waals surface area contributed by atoms with Crippen molar-refractivity contribution < 1.29 is 14.7 Å². The standard InChI is InChI=1S/C15H14N2O3/c18-12-5-7-15(14(19)20)13-10(6-8-17(12)15)9-3-1-2-4-11(9)16-13/h1-4,16H,5-8H2,(H,19,20)/p-1/t15-/m1/s1. The molecule has 0 spiro atoms. The van der Waals surface area contributed by atoms with Crippen LogP contribution in [0.4, 0.5) is 0 Å². The van der Waals surface area contributed by atoms with Gasteiger partial charge in [-0.3, -0.25) is 4.79 Å². The number of carbonyl (C=O) groups excluding carboxylic acids is 2. The number of carboxylic acid groups (broad SMARTS) is 1. The summed E-state index contributed by atoms with van der Waals surface area (Å²) in [4.78, 5) is 28.5. The van der Waals surface area contributed by atoms with E-state index in [0.717, 1.165) is 16.5 Å². The van der Waals surface area contributed by atoms with Crippen molar-refractivity contribution in [3.05, 3.63) is 35.5 Å². The molecule has 1 amide bonds. The predicted octanol–water partition coefficient (Wildman–Crippen LogP) is 0.292. The van der Waals surface area contributed by atoms with E-state index in [0.29, 0.717) is 18.7 Å². The molecule has 0 bridgehead atoms. The predicted molar refractivity (Wildman–Crippen MR) is 69.6 cm³/mol. The molecular formula is C15H13N2O3-. The van der Waals surface area contributed by atoms with E-state index in [4.69, 9.17) is 0 Å². The van der Waals surface area contributed by atoms with Gasteiger partial charge in [-0.15, -0.1) is 0 Å². The first kappa shape index (κ1) is 11.5. The molecule has 20 heavy (non-hydrogen) atoms. The minimum atomic E-state index is -1.30. The number of rotatable bonds is 1. The number of hydrogen-bond acceptors (Lipinski definition) is 3. The number of carbonyl (C=O) groups is 2. The van der Waals surface area contributed by atoms with Gasteiger partial charge in [0.05, 0.1) is 11.7 Å². The van der Waals surface area contributed by atoms with Crippen LogP contribution in [0, 0.1) is 0 Å². The van der Waals surface area contributed by atoms with E-state index in [1.807, 2.05) is 24.3 Å². The summed E-state index contributed by atoms with van der Waals surface area (Å²) < 4.78 is 0. The van der Waals surface area contributed by atoms with Crippen molar-refractivity contribution in [3.8, 4) is 0 Å². The summed E-state index contributed by atoms with van der Waals surface area (Å²) in [7, 11) is 0. The molecule has 0 unspecified atom stereocenters. The van der Waals surface area contributed by atoms with E-state index in [1.54, 1.807) is 0 Å². The van der Waals surface area contributed by atoms with Gasteiger partial charge in [0.1, 0.15) is 5.54 Å². The van der Waals surface area contributed by atoms with Crippen LogP contribution in [0.2, 0.25) is 0 Å². The molecule has 1 atom stereocenters. The second kappa shape index (κ2) is 3.62. The van der Waals surface area contributed by atoms with E-state index in [2.05, 4.69) is 4.98 Å². The third kappa shape index (κ3) is 1.18. The van der Waals surface area contributed by atoms with Crippen molar-refractivity contribution in [2.24, 2.45) is 0 Å². The lowest BCUT2D eigenvalue weighted by Gasteiger charge is -2.42. The number of H-pyrrole nitrogens is 1. The minimum absolute atomic E-state index is 0.0986. The first-order valence-corrected chi connectivity index (χ1v) is 6.76. The number of hydrogen-bond donors (Lipinski definition) is 1. The fraction of sp³-hybridized carbons (Fsp3) is 0.333. The Balaban J connectivity index is 2.04. The normalized spacial score (nSPS) is 24.8. The molecule has 0 aliphatic carbocycles. The third-order valence-corrected chi connectivity index (χ3v) is 4.61. The molecule has 1 saturated heterocycles. The Labute approximate surface area is 115 Å². The number of nitrogens with one attached hydrogen (secondary N) is 1. The molecule has 5 heteroatoms. The second-order valence-electron chi connectivity index (χ2n) is 5.47. The summed E-state index contributed by atoms with van der Waals surface area (Å²) in [6, 6.07) is 7.76. The van der Waals surface area contributed by atoms with Crippen LogP contribution in [0.15, 0.2) is 24.3 Å². The van der Waals surface area contributed by atoms with Crippen molar-refractivity contribution in [2.45, 2.75) is 24.8 Å². The molecule has 0 radical (unpaired) electrons. The molecule has 1 aromatic heterocycles. The molecule has 0 saturated carbocycles. The summed E-state index contributed by atoms with van der Waals surface area (Å²) >= 11 is 0. The van der Waals surface area contributed by atoms with Crippen molar-refractivity contribution in [3.63, 3.8) is 0 Å². The van der Waals surface area contributed by atoms with Crippen molar-refractivity contribution >= 4 is 22.8 Å². The molecule has 1 aromatic carbocycles. The number of aromatic nitrogens is 1. The third-order valence-electron chi connectivity index (χ3n) is 4.61. The molecule has 2 aromatic rings. The lowest BCUT2D eigenvalue weighted by atomic mass is 9.85. The number of aliphatic carboxylic acids is 1. The summed E-state index contributed by atoms with van der Waals surface area (Å²) in [5.74, 6) is -1.28. The Hall–Kier alpha value is -2.30. The monoisotopic (exact) mass is 269 g/mol. The van der Waals surface area contributed by atoms with Crippen LogP contribution in [0.25, 0.3) is 10.9 Å². The van der Waals surface area contributed by atoms with E-state index in [1.165, 1.54) is 4.90 Å². The van der Waals surface area contributed by atoms with E-state index >= 15 is 0 Å². The van der Waals surface area contributed by atoms with Crippen LogP contribution in [0.5, 0.6) is 0 Å². The van der Waals surface area contributed by atoms with Crippen LogP contribution < -0.4 is 5.11 Å². The summed E-state index contributed by atoms with van der Waals surface area (Å²) in [5.41, 5.74) is 1.26. The van der Waals surface area contributed by atoms with E-state index in [9.17, 15) is 14.7 Å². The maximum atomic E-state index is 12.0. The largest absolute Gasteiger partial charge is 0.547 e. The fourth-order valence-electron chi connectivity index (χ4n) is 3.70. The Morgan fingerprint density at radius 1 is 1.30 bits per heavy atom. The molecule has 1 fully saturated rings. The SMILES string of the molecule is O=C1CC[C@]2(C(=O)[O-])c3[nH]c4ccccc4c3CCN12. The maximum absolute atomic E-state index is 12.0. The van der Waals surface area contributed by atoms with Gasteiger partial charge >= 0.3 is 0 Å². The zero-order valence-electron chi connectivity index (χ0n) is 10.8. The Morgan fingerprint density at radius 3 is 2.90 bits per heavy atom. The van der Waals surface area contributed by atoms with Gasteiger partial charge in [0.15, 0.2) is 0 Å². The number of fused-ring (bicyclic) bond motifs is 5. The van der Waals surface area contributed by atoms with E-state index < -0.39 is 11.5 Å². The molecule has 4 rings (SSSR count). The molecule has 1 N–H and O–H groups in total. The summed E-state index contributed by atoms with van der Waals surface area (Å²) in [5, 5.41) is 12.9. The number of para-hydroxylation sites is 1. The number of aromatic amines is 1. The molecule has 2 aliphatic rings. The van der Waals surface area contributed by atoms with Crippen LogP contribution >= 0.6 is 0 Å². The highest BCUT2D eigenvalue weighted by Gasteiger charge is 2.52. The van der Waals surface area contributed by atoms with Gasteiger partial charge in [-0.25, -0.2) is 0 Å². The minimum Gasteiger partial charge on any atom is -0.547 e. The average Bonchev–Trinajstić information content (AvgIpc) is 2.98. The van der Waals surface area contributed by atoms with Crippen LogP contribution in [-0.2, 0) is 21.5 Å². The lowest BCUT2D eigenvalue weighted by Crippen LogP contribution is -2.58. The molecular weight excluding hydrogens is 256 g/mol. The van der Waals surface area contributed by atoms with Gasteiger partial charge in [0.25, 0.3) is 0 Å². The molecule has 102 valence electrons. The maximum Gasteiger partial charge on any atom is 0.223 e. The Kier molecular flexibility index (Phi) is 2.09. The highest BCUT2D eigenvalue weighted by atomic mass is 16.4.